The summed E-state index contributed by atoms with van der Waals surface area (Å²) in [6.07, 6.45) is -1.28. The molecule has 0 aliphatic carbocycles. The molecular formula is C7H4Br2F2IN. The van der Waals surface area contributed by atoms with Crippen LogP contribution in [-0.2, 0) is 5.33 Å². The highest BCUT2D eigenvalue weighted by molar-refractivity contribution is 14.1. The lowest BCUT2D eigenvalue weighted by atomic mass is 10.3. The number of alkyl halides is 3. The molecule has 0 saturated heterocycles. The van der Waals surface area contributed by atoms with Gasteiger partial charge in [0.15, 0.2) is 0 Å². The molecular weight excluding hydrogens is 423 g/mol. The Bertz CT molecular complexity index is 320. The number of pyridine rings is 1. The van der Waals surface area contributed by atoms with E-state index in [1.54, 1.807) is 0 Å². The molecule has 0 bridgehead atoms. The van der Waals surface area contributed by atoms with E-state index in [0.717, 1.165) is 9.26 Å². The number of rotatable bonds is 2. The molecule has 1 aromatic heterocycles. The van der Waals surface area contributed by atoms with E-state index >= 15 is 0 Å². The van der Waals surface area contributed by atoms with Gasteiger partial charge in [-0.1, -0.05) is 15.9 Å². The molecule has 0 aliphatic rings. The molecule has 0 atom stereocenters. The molecule has 0 radical (unpaired) electrons. The van der Waals surface area contributed by atoms with Crippen molar-refractivity contribution in [1.29, 1.82) is 0 Å². The van der Waals surface area contributed by atoms with Crippen molar-refractivity contribution in [3.8, 4) is 0 Å². The second-order valence-corrected chi connectivity index (χ2v) is 4.66. The van der Waals surface area contributed by atoms with Gasteiger partial charge in [0.2, 0.25) is 0 Å². The van der Waals surface area contributed by atoms with Crippen LogP contribution in [0.1, 0.15) is 17.7 Å². The Kier molecular flexibility index (Phi) is 4.50. The lowest BCUT2D eigenvalue weighted by molar-refractivity contribution is 0.150. The van der Waals surface area contributed by atoms with Crippen LogP contribution >= 0.6 is 54.5 Å². The van der Waals surface area contributed by atoms with Gasteiger partial charge in [-0.25, -0.2) is 8.78 Å². The van der Waals surface area contributed by atoms with Crippen molar-refractivity contribution in [3.63, 3.8) is 0 Å². The largest absolute Gasteiger partial charge is 0.266 e. The summed E-state index contributed by atoms with van der Waals surface area (Å²) in [6, 6.07) is 0. The lowest BCUT2D eigenvalue weighted by Crippen LogP contribution is -1.97. The summed E-state index contributed by atoms with van der Waals surface area (Å²) in [5, 5.41) is 0.563. The average molecular weight is 427 g/mol. The molecule has 1 heterocycles. The summed E-state index contributed by atoms with van der Waals surface area (Å²) >= 11 is 8.34. The summed E-state index contributed by atoms with van der Waals surface area (Å²) < 4.78 is 25.9. The summed E-state index contributed by atoms with van der Waals surface area (Å²) in [4.78, 5) is 3.91. The summed E-state index contributed by atoms with van der Waals surface area (Å²) in [5.74, 6) is 0. The molecule has 13 heavy (non-hydrogen) atoms. The predicted octanol–water partition coefficient (Wildman–Crippen LogP) is 4.28. The van der Waals surface area contributed by atoms with Crippen molar-refractivity contribution < 1.29 is 8.78 Å². The zero-order valence-corrected chi connectivity index (χ0v) is 11.5. The third kappa shape index (κ3) is 2.59. The van der Waals surface area contributed by atoms with Gasteiger partial charge in [0, 0.05) is 16.0 Å². The third-order valence-electron chi connectivity index (χ3n) is 1.42. The quantitative estimate of drug-likeness (QED) is 0.508. The fraction of sp³-hybridized carbons (Fsp3) is 0.286. The van der Waals surface area contributed by atoms with Gasteiger partial charge in [0.1, 0.15) is 0 Å². The van der Waals surface area contributed by atoms with E-state index in [0.29, 0.717) is 9.80 Å². The van der Waals surface area contributed by atoms with Gasteiger partial charge in [-0.2, -0.15) is 0 Å². The van der Waals surface area contributed by atoms with Gasteiger partial charge >= 0.3 is 0 Å². The number of aromatic nitrogens is 1. The van der Waals surface area contributed by atoms with Crippen LogP contribution in [-0.4, -0.2) is 4.98 Å². The van der Waals surface area contributed by atoms with Crippen LogP contribution in [0.15, 0.2) is 10.7 Å². The Morgan fingerprint density at radius 2 is 2.15 bits per heavy atom. The molecule has 0 aliphatic heterocycles. The number of nitrogens with zero attached hydrogens (tertiary/aromatic N) is 1. The summed E-state index contributed by atoms with van der Waals surface area (Å²) in [5.41, 5.74) is 0.700. The minimum Gasteiger partial charge on any atom is -0.259 e. The minimum absolute atomic E-state index is 0.0610. The molecule has 72 valence electrons. The van der Waals surface area contributed by atoms with E-state index in [1.807, 2.05) is 22.6 Å². The first-order valence-electron chi connectivity index (χ1n) is 3.24. The number of hydrogen-bond donors (Lipinski definition) is 0. The summed E-state index contributed by atoms with van der Waals surface area (Å²) in [7, 11) is 0. The molecule has 6 heteroatoms. The second kappa shape index (κ2) is 4.97. The monoisotopic (exact) mass is 425 g/mol. The molecule has 1 aromatic rings. The van der Waals surface area contributed by atoms with Gasteiger partial charge in [-0.3, -0.25) is 4.98 Å². The van der Waals surface area contributed by atoms with Crippen molar-refractivity contribution >= 4 is 54.5 Å². The van der Waals surface area contributed by atoms with Gasteiger partial charge in [0.25, 0.3) is 6.43 Å². The van der Waals surface area contributed by atoms with Gasteiger partial charge in [-0.05, 0) is 38.5 Å². The third-order valence-corrected chi connectivity index (χ3v) is 4.71. The van der Waals surface area contributed by atoms with Gasteiger partial charge in [0.05, 0.1) is 14.8 Å². The maximum atomic E-state index is 12.4. The summed E-state index contributed by atoms with van der Waals surface area (Å²) in [6.45, 7) is 0. The van der Waals surface area contributed by atoms with Crippen molar-refractivity contribution in [2.24, 2.45) is 0 Å². The maximum Gasteiger partial charge on any atom is 0.266 e. The van der Waals surface area contributed by atoms with E-state index in [9.17, 15) is 8.78 Å². The van der Waals surface area contributed by atoms with Crippen molar-refractivity contribution in [2.45, 2.75) is 11.8 Å². The Balaban J connectivity index is 3.23. The van der Waals surface area contributed by atoms with Crippen LogP contribution < -0.4 is 0 Å². The van der Waals surface area contributed by atoms with E-state index in [4.69, 9.17) is 0 Å². The van der Waals surface area contributed by atoms with Crippen LogP contribution in [0.3, 0.4) is 0 Å². The first kappa shape index (κ1) is 11.8. The SMILES string of the molecule is FC(F)c1cnc(CBr)c(I)c1Br. The van der Waals surface area contributed by atoms with Gasteiger partial charge < -0.3 is 0 Å². The maximum absolute atomic E-state index is 12.4. The highest BCUT2D eigenvalue weighted by Gasteiger charge is 2.16. The van der Waals surface area contributed by atoms with Crippen molar-refractivity contribution in [1.82, 2.24) is 4.98 Å². The molecule has 0 aromatic carbocycles. The standard InChI is InChI=1S/C7H4Br2F2IN/c8-1-4-6(12)5(9)3(2-13-4)7(10)11/h2,7H,1H2. The number of hydrogen-bond acceptors (Lipinski definition) is 1. The van der Waals surface area contributed by atoms with E-state index in [1.165, 1.54) is 6.20 Å². The first-order chi connectivity index (χ1) is 6.07. The Morgan fingerprint density at radius 3 is 2.62 bits per heavy atom. The molecule has 0 fully saturated rings. The van der Waals surface area contributed by atoms with Crippen LogP contribution in [0, 0.1) is 3.57 Å². The Morgan fingerprint density at radius 1 is 1.54 bits per heavy atom. The fourth-order valence-corrected chi connectivity index (χ4v) is 2.85. The molecule has 0 amide bonds. The van der Waals surface area contributed by atoms with E-state index in [2.05, 4.69) is 36.8 Å². The van der Waals surface area contributed by atoms with Crippen molar-refractivity contribution in [3.05, 3.63) is 25.5 Å². The molecule has 1 nitrogen and oxygen atoms in total. The zero-order valence-electron chi connectivity index (χ0n) is 6.20. The Hall–Kier alpha value is 0.700. The van der Waals surface area contributed by atoms with Crippen LogP contribution in [0.25, 0.3) is 0 Å². The first-order valence-corrected chi connectivity index (χ1v) is 6.24. The molecule has 1 rings (SSSR count). The minimum atomic E-state index is -2.49. The molecule has 0 N–H and O–H groups in total. The highest BCUT2D eigenvalue weighted by atomic mass is 127. The topological polar surface area (TPSA) is 12.9 Å². The second-order valence-electron chi connectivity index (χ2n) is 2.22. The van der Waals surface area contributed by atoms with Crippen molar-refractivity contribution in [2.75, 3.05) is 0 Å². The zero-order chi connectivity index (χ0) is 10.0. The molecule has 0 saturated carbocycles. The molecule has 0 spiro atoms. The van der Waals surface area contributed by atoms with Gasteiger partial charge in [-0.15, -0.1) is 0 Å². The normalized spacial score (nSPS) is 10.9. The van der Waals surface area contributed by atoms with Crippen LogP contribution in [0.4, 0.5) is 8.78 Å². The van der Waals surface area contributed by atoms with E-state index in [-0.39, 0.29) is 5.56 Å². The molecule has 0 unspecified atom stereocenters. The van der Waals surface area contributed by atoms with Crippen LogP contribution in [0.2, 0.25) is 0 Å². The number of halogens is 5. The fourth-order valence-electron chi connectivity index (χ4n) is 0.760. The highest BCUT2D eigenvalue weighted by Crippen LogP contribution is 2.32. The smallest absolute Gasteiger partial charge is 0.259 e. The average Bonchev–Trinajstić information content (AvgIpc) is 2.09. The predicted molar refractivity (Wildman–Crippen MR) is 62.2 cm³/mol. The van der Waals surface area contributed by atoms with E-state index < -0.39 is 6.43 Å². The van der Waals surface area contributed by atoms with Crippen LogP contribution in [0.5, 0.6) is 0 Å². The Labute approximate surface area is 105 Å². The lowest BCUT2D eigenvalue weighted by Gasteiger charge is -2.07.